The summed E-state index contributed by atoms with van der Waals surface area (Å²) in [6.07, 6.45) is 2.13. The minimum Gasteiger partial charge on any atom is -0.494 e. The van der Waals surface area contributed by atoms with Gasteiger partial charge in [0.2, 0.25) is 5.91 Å². The van der Waals surface area contributed by atoms with E-state index in [4.69, 9.17) is 20.3 Å². The molecule has 27 heavy (non-hydrogen) atoms. The Bertz CT molecular complexity index is 657. The summed E-state index contributed by atoms with van der Waals surface area (Å²) >= 11 is 0. The second kappa shape index (κ2) is 12.7. The zero-order chi connectivity index (χ0) is 20.1. The molecule has 0 aliphatic heterocycles. The van der Waals surface area contributed by atoms with Gasteiger partial charge in [0.25, 0.3) is 0 Å². The van der Waals surface area contributed by atoms with Crippen LogP contribution in [0.2, 0.25) is 0 Å². The number of aliphatic hydroxyl groups is 1. The van der Waals surface area contributed by atoms with Crippen LogP contribution in [-0.4, -0.2) is 30.3 Å². The van der Waals surface area contributed by atoms with Crippen molar-refractivity contribution in [2.24, 2.45) is 5.73 Å². The quantitative estimate of drug-likeness (QED) is 0.578. The highest BCUT2D eigenvalue weighted by Crippen LogP contribution is 2.25. The van der Waals surface area contributed by atoms with E-state index in [0.29, 0.717) is 23.8 Å². The van der Waals surface area contributed by atoms with E-state index in [1.165, 1.54) is 0 Å². The molecule has 2 aromatic rings. The first-order chi connectivity index (χ1) is 13.1. The van der Waals surface area contributed by atoms with Gasteiger partial charge in [0.15, 0.2) is 0 Å². The third-order valence-corrected chi connectivity index (χ3v) is 3.48. The van der Waals surface area contributed by atoms with E-state index in [2.05, 4.69) is 12.2 Å². The van der Waals surface area contributed by atoms with Gasteiger partial charge in [-0.1, -0.05) is 27.2 Å². The topological polar surface area (TPSA) is 93.8 Å². The van der Waals surface area contributed by atoms with Crippen molar-refractivity contribution in [1.82, 2.24) is 0 Å². The summed E-state index contributed by atoms with van der Waals surface area (Å²) in [4.78, 5) is 11.6. The zero-order valence-electron chi connectivity index (χ0n) is 16.3. The predicted octanol–water partition coefficient (Wildman–Crippen LogP) is 3.94. The molecule has 0 aliphatic rings. The maximum absolute atomic E-state index is 11.6. The summed E-state index contributed by atoms with van der Waals surface area (Å²) in [5, 5.41) is 11.5. The fourth-order valence-electron chi connectivity index (χ4n) is 2.00. The van der Waals surface area contributed by atoms with Crippen molar-refractivity contribution in [1.29, 1.82) is 0 Å². The van der Waals surface area contributed by atoms with Crippen LogP contribution in [0.3, 0.4) is 0 Å². The molecule has 0 aromatic heterocycles. The summed E-state index contributed by atoms with van der Waals surface area (Å²) in [5.74, 6) is 1.72. The van der Waals surface area contributed by atoms with Crippen molar-refractivity contribution in [3.05, 3.63) is 48.5 Å². The molecule has 1 amide bonds. The van der Waals surface area contributed by atoms with Gasteiger partial charge >= 0.3 is 0 Å². The number of amides is 1. The van der Waals surface area contributed by atoms with Crippen molar-refractivity contribution in [2.75, 3.05) is 18.5 Å². The number of nitrogens with two attached hydrogens (primary N) is 1. The SMILES string of the molecule is CC.CCCCOc1ccc(Oc2ccc(NC(=O)C(N)CO)cc2)cc1. The van der Waals surface area contributed by atoms with E-state index in [1.54, 1.807) is 24.3 Å². The molecule has 0 heterocycles. The Hall–Kier alpha value is -2.57. The minimum atomic E-state index is -0.936. The van der Waals surface area contributed by atoms with Crippen LogP contribution in [0.25, 0.3) is 0 Å². The summed E-state index contributed by atoms with van der Waals surface area (Å²) in [6.45, 7) is 6.44. The molecule has 2 rings (SSSR count). The van der Waals surface area contributed by atoms with Crippen LogP contribution in [0.4, 0.5) is 5.69 Å². The molecule has 2 aromatic carbocycles. The van der Waals surface area contributed by atoms with Gasteiger partial charge in [-0.15, -0.1) is 0 Å². The summed E-state index contributed by atoms with van der Waals surface area (Å²) < 4.78 is 11.4. The lowest BCUT2D eigenvalue weighted by molar-refractivity contribution is -0.118. The molecule has 0 saturated heterocycles. The molecule has 148 valence electrons. The average molecular weight is 374 g/mol. The number of hydrogen-bond acceptors (Lipinski definition) is 5. The molecule has 0 radical (unpaired) electrons. The summed E-state index contributed by atoms with van der Waals surface area (Å²) in [5.41, 5.74) is 6.03. The number of aliphatic hydroxyl groups excluding tert-OH is 1. The number of hydrogen-bond donors (Lipinski definition) is 3. The highest BCUT2D eigenvalue weighted by molar-refractivity contribution is 5.94. The molecule has 0 saturated carbocycles. The first kappa shape index (κ1) is 22.5. The number of anilines is 1. The van der Waals surface area contributed by atoms with Gasteiger partial charge < -0.3 is 25.6 Å². The van der Waals surface area contributed by atoms with Crippen molar-refractivity contribution in [3.63, 3.8) is 0 Å². The summed E-state index contributed by atoms with van der Waals surface area (Å²) in [7, 11) is 0. The third-order valence-electron chi connectivity index (χ3n) is 3.48. The molecular formula is C21H30N2O4. The van der Waals surface area contributed by atoms with Gasteiger partial charge in [0.1, 0.15) is 23.3 Å². The Morgan fingerprint density at radius 3 is 2.07 bits per heavy atom. The average Bonchev–Trinajstić information content (AvgIpc) is 2.71. The van der Waals surface area contributed by atoms with Crippen LogP contribution in [0.15, 0.2) is 48.5 Å². The Morgan fingerprint density at radius 2 is 1.56 bits per heavy atom. The van der Waals surface area contributed by atoms with E-state index < -0.39 is 18.6 Å². The molecule has 0 fully saturated rings. The van der Waals surface area contributed by atoms with E-state index in [-0.39, 0.29) is 0 Å². The van der Waals surface area contributed by atoms with Gasteiger partial charge in [0.05, 0.1) is 13.2 Å². The lowest BCUT2D eigenvalue weighted by Crippen LogP contribution is -2.38. The Balaban J connectivity index is 0.00000176. The molecule has 0 aliphatic carbocycles. The molecule has 1 unspecified atom stereocenters. The highest BCUT2D eigenvalue weighted by Gasteiger charge is 2.11. The van der Waals surface area contributed by atoms with Gasteiger partial charge in [0, 0.05) is 5.69 Å². The van der Waals surface area contributed by atoms with Crippen LogP contribution < -0.4 is 20.5 Å². The zero-order valence-corrected chi connectivity index (χ0v) is 16.3. The van der Waals surface area contributed by atoms with Gasteiger partial charge in [-0.05, 0) is 55.0 Å². The van der Waals surface area contributed by atoms with Crippen LogP contribution in [0.5, 0.6) is 17.2 Å². The highest BCUT2D eigenvalue weighted by atomic mass is 16.5. The van der Waals surface area contributed by atoms with E-state index >= 15 is 0 Å². The van der Waals surface area contributed by atoms with E-state index in [9.17, 15) is 4.79 Å². The van der Waals surface area contributed by atoms with Crippen LogP contribution >= 0.6 is 0 Å². The van der Waals surface area contributed by atoms with Crippen molar-refractivity contribution >= 4 is 11.6 Å². The number of ether oxygens (including phenoxy) is 2. The smallest absolute Gasteiger partial charge is 0.243 e. The number of nitrogens with one attached hydrogen (secondary N) is 1. The van der Waals surface area contributed by atoms with Gasteiger partial charge in [-0.2, -0.15) is 0 Å². The fraction of sp³-hybridized carbons (Fsp3) is 0.381. The van der Waals surface area contributed by atoms with Gasteiger partial charge in [-0.3, -0.25) is 4.79 Å². The van der Waals surface area contributed by atoms with Crippen LogP contribution in [0, 0.1) is 0 Å². The van der Waals surface area contributed by atoms with Crippen molar-refractivity contribution < 1.29 is 19.4 Å². The monoisotopic (exact) mass is 374 g/mol. The maximum atomic E-state index is 11.6. The lowest BCUT2D eigenvalue weighted by Gasteiger charge is -2.11. The van der Waals surface area contributed by atoms with Crippen molar-refractivity contribution in [2.45, 2.75) is 39.7 Å². The lowest BCUT2D eigenvalue weighted by atomic mass is 10.2. The number of rotatable bonds is 9. The number of unbranched alkanes of at least 4 members (excludes halogenated alkanes) is 1. The molecule has 6 nitrogen and oxygen atoms in total. The largest absolute Gasteiger partial charge is 0.494 e. The second-order valence-electron chi connectivity index (χ2n) is 5.58. The van der Waals surface area contributed by atoms with Crippen LogP contribution in [-0.2, 0) is 4.79 Å². The molecular weight excluding hydrogens is 344 g/mol. The Labute approximate surface area is 161 Å². The fourth-order valence-corrected chi connectivity index (χ4v) is 2.00. The number of benzene rings is 2. The van der Waals surface area contributed by atoms with Crippen LogP contribution in [0.1, 0.15) is 33.6 Å². The Kier molecular flexibility index (Phi) is 10.6. The number of carbonyl (C=O) groups is 1. The number of carbonyl (C=O) groups excluding carboxylic acids is 1. The first-order valence-corrected chi connectivity index (χ1v) is 9.30. The first-order valence-electron chi connectivity index (χ1n) is 9.30. The van der Waals surface area contributed by atoms with E-state index in [1.807, 2.05) is 38.1 Å². The summed E-state index contributed by atoms with van der Waals surface area (Å²) in [6, 6.07) is 13.4. The second-order valence-corrected chi connectivity index (χ2v) is 5.58. The minimum absolute atomic E-state index is 0.398. The molecule has 0 bridgehead atoms. The normalized spacial score (nSPS) is 11.0. The molecule has 6 heteroatoms. The maximum Gasteiger partial charge on any atom is 0.243 e. The molecule has 1 atom stereocenters. The van der Waals surface area contributed by atoms with Gasteiger partial charge in [-0.25, -0.2) is 0 Å². The van der Waals surface area contributed by atoms with E-state index in [0.717, 1.165) is 18.6 Å². The predicted molar refractivity (Wildman–Crippen MR) is 108 cm³/mol. The molecule has 0 spiro atoms. The Morgan fingerprint density at radius 1 is 1.04 bits per heavy atom. The standard InChI is InChI=1S/C19H24N2O4.C2H6/c1-2-3-12-24-15-8-10-17(11-9-15)25-16-6-4-14(5-7-16)21-19(23)18(20)13-22;1-2/h4-11,18,22H,2-3,12-13,20H2,1H3,(H,21,23);1-2H3. The molecule has 4 N–H and O–H groups in total. The van der Waals surface area contributed by atoms with Crippen molar-refractivity contribution in [3.8, 4) is 17.2 Å². The third kappa shape index (κ3) is 8.11.